The molecule has 1 N–H and O–H groups in total. The summed E-state index contributed by atoms with van der Waals surface area (Å²) in [5.41, 5.74) is 3.01. The number of carbonyl (C=O) groups is 2. The quantitative estimate of drug-likeness (QED) is 0.926. The van der Waals surface area contributed by atoms with Crippen molar-refractivity contribution < 1.29 is 9.59 Å². The zero-order valence-corrected chi connectivity index (χ0v) is 14.2. The van der Waals surface area contributed by atoms with Gasteiger partial charge in [-0.2, -0.15) is 0 Å². The van der Waals surface area contributed by atoms with E-state index < -0.39 is 0 Å². The van der Waals surface area contributed by atoms with Gasteiger partial charge >= 0.3 is 0 Å². The molecule has 2 aromatic carbocycles. The van der Waals surface area contributed by atoms with Crippen LogP contribution in [0.25, 0.3) is 0 Å². The summed E-state index contributed by atoms with van der Waals surface area (Å²) in [5.74, 6) is -0.438. The highest BCUT2D eigenvalue weighted by Gasteiger charge is 2.34. The SMILES string of the molecule is Cc1ccc(CNC(=O)C2CC(=O)N(c3ccc(Cl)cc3)C2)cc1. The number of aryl methyl sites for hydroxylation is 1. The third-order valence-corrected chi connectivity index (χ3v) is 4.47. The minimum atomic E-state index is -0.321. The summed E-state index contributed by atoms with van der Waals surface area (Å²) in [4.78, 5) is 26.2. The second kappa shape index (κ2) is 7.05. The fraction of sp³-hybridized carbons (Fsp3) is 0.263. The van der Waals surface area contributed by atoms with Crippen molar-refractivity contribution in [2.45, 2.75) is 19.9 Å². The molecule has 1 unspecified atom stereocenters. The lowest BCUT2D eigenvalue weighted by atomic mass is 10.1. The Bertz CT molecular complexity index is 741. The molecule has 2 aromatic rings. The van der Waals surface area contributed by atoms with Crippen LogP contribution in [0.4, 0.5) is 5.69 Å². The number of nitrogens with one attached hydrogen (secondary N) is 1. The molecule has 124 valence electrons. The molecule has 4 nitrogen and oxygen atoms in total. The van der Waals surface area contributed by atoms with Crippen molar-refractivity contribution in [2.75, 3.05) is 11.4 Å². The summed E-state index contributed by atoms with van der Waals surface area (Å²) < 4.78 is 0. The fourth-order valence-electron chi connectivity index (χ4n) is 2.79. The van der Waals surface area contributed by atoms with Gasteiger partial charge in [0.1, 0.15) is 0 Å². The second-order valence-electron chi connectivity index (χ2n) is 6.09. The van der Waals surface area contributed by atoms with Crippen LogP contribution in [0.5, 0.6) is 0 Å². The van der Waals surface area contributed by atoms with Crippen LogP contribution in [0.1, 0.15) is 17.5 Å². The normalized spacial score (nSPS) is 17.2. The van der Waals surface area contributed by atoms with Gasteiger partial charge in [-0.05, 0) is 36.8 Å². The monoisotopic (exact) mass is 342 g/mol. The minimum absolute atomic E-state index is 0.0344. The van der Waals surface area contributed by atoms with Crippen molar-refractivity contribution in [3.8, 4) is 0 Å². The predicted molar refractivity (Wildman–Crippen MR) is 94.9 cm³/mol. The molecule has 0 aliphatic carbocycles. The van der Waals surface area contributed by atoms with Crippen molar-refractivity contribution in [1.29, 1.82) is 0 Å². The molecule has 1 atom stereocenters. The summed E-state index contributed by atoms with van der Waals surface area (Å²) in [5, 5.41) is 3.55. The van der Waals surface area contributed by atoms with Crippen LogP contribution < -0.4 is 10.2 Å². The number of rotatable bonds is 4. The molecule has 24 heavy (non-hydrogen) atoms. The summed E-state index contributed by atoms with van der Waals surface area (Å²) >= 11 is 5.88. The van der Waals surface area contributed by atoms with E-state index >= 15 is 0 Å². The average molecular weight is 343 g/mol. The molecule has 3 rings (SSSR count). The van der Waals surface area contributed by atoms with Gasteiger partial charge in [-0.25, -0.2) is 0 Å². The van der Waals surface area contributed by atoms with Crippen molar-refractivity contribution in [1.82, 2.24) is 5.32 Å². The number of halogens is 1. The zero-order valence-electron chi connectivity index (χ0n) is 13.5. The van der Waals surface area contributed by atoms with E-state index in [-0.39, 0.29) is 24.2 Å². The van der Waals surface area contributed by atoms with E-state index in [1.165, 1.54) is 5.56 Å². The van der Waals surface area contributed by atoms with E-state index in [9.17, 15) is 9.59 Å². The maximum atomic E-state index is 12.4. The summed E-state index contributed by atoms with van der Waals surface area (Å²) in [6, 6.07) is 15.1. The second-order valence-corrected chi connectivity index (χ2v) is 6.52. The number of nitrogens with zero attached hydrogens (tertiary/aromatic N) is 1. The van der Waals surface area contributed by atoms with Gasteiger partial charge in [0.25, 0.3) is 0 Å². The third kappa shape index (κ3) is 3.77. The van der Waals surface area contributed by atoms with E-state index in [4.69, 9.17) is 11.6 Å². The van der Waals surface area contributed by atoms with E-state index in [1.54, 1.807) is 29.2 Å². The lowest BCUT2D eigenvalue weighted by Crippen LogP contribution is -2.32. The fourth-order valence-corrected chi connectivity index (χ4v) is 2.92. The number of hydrogen-bond donors (Lipinski definition) is 1. The molecule has 1 fully saturated rings. The van der Waals surface area contributed by atoms with Crippen LogP contribution in [0.15, 0.2) is 48.5 Å². The zero-order chi connectivity index (χ0) is 17.1. The number of carbonyl (C=O) groups excluding carboxylic acids is 2. The van der Waals surface area contributed by atoms with Crippen molar-refractivity contribution in [3.05, 3.63) is 64.7 Å². The Balaban J connectivity index is 1.59. The van der Waals surface area contributed by atoms with Crippen LogP contribution in [0.3, 0.4) is 0 Å². The molecule has 1 saturated heterocycles. The van der Waals surface area contributed by atoms with Crippen molar-refractivity contribution >= 4 is 29.1 Å². The molecule has 1 aliphatic heterocycles. The molecular weight excluding hydrogens is 324 g/mol. The van der Waals surface area contributed by atoms with Gasteiger partial charge in [0.15, 0.2) is 0 Å². The Morgan fingerprint density at radius 1 is 1.17 bits per heavy atom. The summed E-state index contributed by atoms with van der Waals surface area (Å²) in [6.45, 7) is 2.91. The maximum Gasteiger partial charge on any atom is 0.227 e. The molecule has 2 amide bonds. The maximum absolute atomic E-state index is 12.4. The van der Waals surface area contributed by atoms with Crippen molar-refractivity contribution in [2.24, 2.45) is 5.92 Å². The number of benzene rings is 2. The number of amides is 2. The van der Waals surface area contributed by atoms with Gasteiger partial charge in [0.2, 0.25) is 11.8 Å². The van der Waals surface area contributed by atoms with Crippen LogP contribution >= 0.6 is 11.6 Å². The average Bonchev–Trinajstić information content (AvgIpc) is 2.97. The van der Waals surface area contributed by atoms with Crippen LogP contribution in [-0.4, -0.2) is 18.4 Å². The Kier molecular flexibility index (Phi) is 4.86. The van der Waals surface area contributed by atoms with Gasteiger partial charge < -0.3 is 10.2 Å². The van der Waals surface area contributed by atoms with Gasteiger partial charge in [0, 0.05) is 30.2 Å². The first kappa shape index (κ1) is 16.5. The van der Waals surface area contributed by atoms with Crippen LogP contribution in [-0.2, 0) is 16.1 Å². The first-order chi connectivity index (χ1) is 11.5. The minimum Gasteiger partial charge on any atom is -0.352 e. The highest BCUT2D eigenvalue weighted by molar-refractivity contribution is 6.30. The van der Waals surface area contributed by atoms with E-state index in [2.05, 4.69) is 5.32 Å². The predicted octanol–water partition coefficient (Wildman–Crippen LogP) is 3.32. The number of hydrogen-bond acceptors (Lipinski definition) is 2. The first-order valence-corrected chi connectivity index (χ1v) is 8.30. The Labute approximate surface area is 146 Å². The molecule has 1 heterocycles. The van der Waals surface area contributed by atoms with Gasteiger partial charge in [-0.1, -0.05) is 41.4 Å². The van der Waals surface area contributed by atoms with Gasteiger partial charge in [0.05, 0.1) is 5.92 Å². The molecule has 0 bridgehead atoms. The number of anilines is 1. The van der Waals surface area contributed by atoms with Gasteiger partial charge in [-0.3, -0.25) is 9.59 Å². The molecule has 0 aromatic heterocycles. The molecule has 0 saturated carbocycles. The summed E-state index contributed by atoms with van der Waals surface area (Å²) in [6.07, 6.45) is 0.238. The van der Waals surface area contributed by atoms with E-state index in [1.807, 2.05) is 31.2 Å². The van der Waals surface area contributed by atoms with Crippen LogP contribution in [0.2, 0.25) is 5.02 Å². The third-order valence-electron chi connectivity index (χ3n) is 4.22. The Hall–Kier alpha value is -2.33. The van der Waals surface area contributed by atoms with E-state index in [0.717, 1.165) is 11.3 Å². The largest absolute Gasteiger partial charge is 0.352 e. The standard InChI is InChI=1S/C19H19ClN2O2/c1-13-2-4-14(5-3-13)11-21-19(24)15-10-18(23)22(12-15)17-8-6-16(20)7-9-17/h2-9,15H,10-12H2,1H3,(H,21,24). The molecule has 0 radical (unpaired) electrons. The topological polar surface area (TPSA) is 49.4 Å². The first-order valence-electron chi connectivity index (χ1n) is 7.92. The Morgan fingerprint density at radius 2 is 1.83 bits per heavy atom. The van der Waals surface area contributed by atoms with Crippen LogP contribution in [0, 0.1) is 12.8 Å². The highest BCUT2D eigenvalue weighted by atomic mass is 35.5. The molecule has 1 aliphatic rings. The smallest absolute Gasteiger partial charge is 0.227 e. The summed E-state index contributed by atoms with van der Waals surface area (Å²) in [7, 11) is 0. The lowest BCUT2D eigenvalue weighted by Gasteiger charge is -2.16. The van der Waals surface area contributed by atoms with Gasteiger partial charge in [-0.15, -0.1) is 0 Å². The molecule has 5 heteroatoms. The molecular formula is C19H19ClN2O2. The van der Waals surface area contributed by atoms with Crippen molar-refractivity contribution in [3.63, 3.8) is 0 Å². The molecule has 0 spiro atoms. The van der Waals surface area contributed by atoms with E-state index in [0.29, 0.717) is 18.1 Å². The Morgan fingerprint density at radius 3 is 2.50 bits per heavy atom. The highest BCUT2D eigenvalue weighted by Crippen LogP contribution is 2.26. The lowest BCUT2D eigenvalue weighted by molar-refractivity contribution is -0.126.